The Kier molecular flexibility index (Phi) is 6.60. The summed E-state index contributed by atoms with van der Waals surface area (Å²) in [6, 6.07) is 4.11. The van der Waals surface area contributed by atoms with Crippen molar-refractivity contribution in [3.63, 3.8) is 0 Å². The number of likely N-dealkylation sites (tertiary alicyclic amines) is 1. The van der Waals surface area contributed by atoms with Crippen molar-refractivity contribution in [3.8, 4) is 0 Å². The van der Waals surface area contributed by atoms with Crippen molar-refractivity contribution in [2.45, 2.75) is 45.6 Å². The molecule has 0 spiro atoms. The fraction of sp³-hybridized carbons (Fsp3) is 0.556. The van der Waals surface area contributed by atoms with E-state index in [0.29, 0.717) is 25.9 Å². The molecule has 2 rings (SSSR count). The van der Waals surface area contributed by atoms with Gasteiger partial charge in [0.25, 0.3) is 5.91 Å². The third-order valence-corrected chi connectivity index (χ3v) is 4.98. The number of amides is 2. The summed E-state index contributed by atoms with van der Waals surface area (Å²) >= 11 is 5.92. The standard InChI is InChI=1S/C18H24ClFN2O2/c1-3-12(4-2)18(24)22-10-8-13(9-11-22)21-17(23)16-14(19)6-5-7-15(16)20/h5-7,12-13H,3-4,8-11H2,1-2H3,(H,21,23). The van der Waals surface area contributed by atoms with Crippen LogP contribution in [0, 0.1) is 11.7 Å². The monoisotopic (exact) mass is 354 g/mol. The molecule has 0 atom stereocenters. The lowest BCUT2D eigenvalue weighted by Crippen LogP contribution is -2.48. The molecule has 132 valence electrons. The highest BCUT2D eigenvalue weighted by atomic mass is 35.5. The number of carbonyl (C=O) groups excluding carboxylic acids is 2. The first kappa shape index (κ1) is 18.7. The van der Waals surface area contributed by atoms with Gasteiger partial charge in [0.15, 0.2) is 0 Å². The molecule has 0 radical (unpaired) electrons. The van der Waals surface area contributed by atoms with E-state index < -0.39 is 11.7 Å². The maximum atomic E-state index is 13.8. The van der Waals surface area contributed by atoms with Crippen molar-refractivity contribution in [2.24, 2.45) is 5.92 Å². The number of piperidine rings is 1. The molecule has 6 heteroatoms. The molecule has 0 aromatic heterocycles. The molecule has 0 aliphatic carbocycles. The van der Waals surface area contributed by atoms with Crippen molar-refractivity contribution in [1.29, 1.82) is 0 Å². The largest absolute Gasteiger partial charge is 0.349 e. The van der Waals surface area contributed by atoms with Gasteiger partial charge in [-0.25, -0.2) is 4.39 Å². The van der Waals surface area contributed by atoms with E-state index in [4.69, 9.17) is 11.6 Å². The molecule has 1 aromatic rings. The van der Waals surface area contributed by atoms with Gasteiger partial charge >= 0.3 is 0 Å². The molecule has 2 amide bonds. The lowest BCUT2D eigenvalue weighted by molar-refractivity contribution is -0.136. The molecule has 0 saturated carbocycles. The maximum absolute atomic E-state index is 13.8. The molecule has 4 nitrogen and oxygen atoms in total. The van der Waals surface area contributed by atoms with Crippen LogP contribution < -0.4 is 5.32 Å². The number of halogens is 2. The number of nitrogens with one attached hydrogen (secondary N) is 1. The molecule has 0 unspecified atom stereocenters. The fourth-order valence-electron chi connectivity index (χ4n) is 3.11. The highest BCUT2D eigenvalue weighted by Gasteiger charge is 2.28. The van der Waals surface area contributed by atoms with Crippen molar-refractivity contribution >= 4 is 23.4 Å². The Bertz CT molecular complexity index is 576. The first-order chi connectivity index (χ1) is 11.5. The number of rotatable bonds is 5. The Balaban J connectivity index is 1.91. The summed E-state index contributed by atoms with van der Waals surface area (Å²) in [4.78, 5) is 26.5. The molecular formula is C18H24ClFN2O2. The van der Waals surface area contributed by atoms with E-state index in [9.17, 15) is 14.0 Å². The van der Waals surface area contributed by atoms with Crippen LogP contribution in [-0.2, 0) is 4.79 Å². The summed E-state index contributed by atoms with van der Waals surface area (Å²) in [7, 11) is 0. The van der Waals surface area contributed by atoms with E-state index in [0.717, 1.165) is 12.8 Å². The molecule has 1 aliphatic rings. The van der Waals surface area contributed by atoms with Gasteiger partial charge in [0, 0.05) is 25.0 Å². The van der Waals surface area contributed by atoms with E-state index in [1.165, 1.54) is 18.2 Å². The van der Waals surface area contributed by atoms with Crippen LogP contribution in [0.3, 0.4) is 0 Å². The predicted molar refractivity (Wildman–Crippen MR) is 92.6 cm³/mol. The summed E-state index contributed by atoms with van der Waals surface area (Å²) in [6.45, 7) is 5.28. The zero-order valence-electron chi connectivity index (χ0n) is 14.1. The molecule has 1 fully saturated rings. The van der Waals surface area contributed by atoms with Gasteiger partial charge in [0.2, 0.25) is 5.91 Å². The molecular weight excluding hydrogens is 331 g/mol. The minimum absolute atomic E-state index is 0.0704. The highest BCUT2D eigenvalue weighted by molar-refractivity contribution is 6.33. The average molecular weight is 355 g/mol. The molecule has 1 N–H and O–H groups in total. The molecule has 1 aliphatic heterocycles. The van der Waals surface area contributed by atoms with Crippen LogP contribution in [-0.4, -0.2) is 35.8 Å². The van der Waals surface area contributed by atoms with E-state index in [1.807, 2.05) is 18.7 Å². The first-order valence-electron chi connectivity index (χ1n) is 8.51. The smallest absolute Gasteiger partial charge is 0.255 e. The van der Waals surface area contributed by atoms with Gasteiger partial charge in [-0.2, -0.15) is 0 Å². The lowest BCUT2D eigenvalue weighted by atomic mass is 9.98. The Labute approximate surface area is 147 Å². The van der Waals surface area contributed by atoms with Crippen LogP contribution in [0.1, 0.15) is 49.9 Å². The number of benzene rings is 1. The van der Waals surface area contributed by atoms with Crippen LogP contribution in [0.25, 0.3) is 0 Å². The summed E-state index contributed by atoms with van der Waals surface area (Å²) in [6.07, 6.45) is 3.03. The van der Waals surface area contributed by atoms with Crippen LogP contribution in [0.2, 0.25) is 5.02 Å². The van der Waals surface area contributed by atoms with Crippen molar-refractivity contribution in [1.82, 2.24) is 10.2 Å². The third kappa shape index (κ3) is 4.26. The zero-order valence-corrected chi connectivity index (χ0v) is 14.9. The van der Waals surface area contributed by atoms with E-state index in [2.05, 4.69) is 5.32 Å². The second kappa shape index (κ2) is 8.47. The van der Waals surface area contributed by atoms with Gasteiger partial charge in [-0.3, -0.25) is 9.59 Å². The van der Waals surface area contributed by atoms with Gasteiger partial charge in [-0.1, -0.05) is 31.5 Å². The van der Waals surface area contributed by atoms with E-state index in [1.54, 1.807) is 0 Å². The van der Waals surface area contributed by atoms with Gasteiger partial charge < -0.3 is 10.2 Å². The Morgan fingerprint density at radius 3 is 2.46 bits per heavy atom. The number of hydrogen-bond donors (Lipinski definition) is 1. The first-order valence-corrected chi connectivity index (χ1v) is 8.89. The van der Waals surface area contributed by atoms with Crippen LogP contribution in [0.15, 0.2) is 18.2 Å². The Morgan fingerprint density at radius 1 is 1.29 bits per heavy atom. The number of hydrogen-bond acceptors (Lipinski definition) is 2. The lowest BCUT2D eigenvalue weighted by Gasteiger charge is -2.34. The maximum Gasteiger partial charge on any atom is 0.255 e. The SMILES string of the molecule is CCC(CC)C(=O)N1CCC(NC(=O)c2c(F)cccc2Cl)CC1. The van der Waals surface area contributed by atoms with Crippen LogP contribution >= 0.6 is 11.6 Å². The number of carbonyl (C=O) groups is 2. The minimum atomic E-state index is -0.624. The van der Waals surface area contributed by atoms with Crippen molar-refractivity contribution in [3.05, 3.63) is 34.6 Å². The summed E-state index contributed by atoms with van der Waals surface area (Å²) in [5, 5.41) is 2.94. The van der Waals surface area contributed by atoms with E-state index in [-0.39, 0.29) is 28.5 Å². The van der Waals surface area contributed by atoms with E-state index >= 15 is 0 Å². The van der Waals surface area contributed by atoms with Gasteiger partial charge in [-0.15, -0.1) is 0 Å². The number of nitrogens with zero attached hydrogens (tertiary/aromatic N) is 1. The highest BCUT2D eigenvalue weighted by Crippen LogP contribution is 2.21. The quantitative estimate of drug-likeness (QED) is 0.877. The summed E-state index contributed by atoms with van der Waals surface area (Å²) < 4.78 is 13.8. The molecule has 1 saturated heterocycles. The van der Waals surface area contributed by atoms with Crippen molar-refractivity contribution in [2.75, 3.05) is 13.1 Å². The zero-order chi connectivity index (χ0) is 17.7. The normalized spacial score (nSPS) is 15.6. The second-order valence-electron chi connectivity index (χ2n) is 6.18. The van der Waals surface area contributed by atoms with Crippen LogP contribution in [0.5, 0.6) is 0 Å². The Hall–Kier alpha value is -1.62. The van der Waals surface area contributed by atoms with Gasteiger partial charge in [0.05, 0.1) is 10.6 Å². The van der Waals surface area contributed by atoms with Crippen molar-refractivity contribution < 1.29 is 14.0 Å². The third-order valence-electron chi connectivity index (χ3n) is 4.67. The van der Waals surface area contributed by atoms with Gasteiger partial charge in [0.1, 0.15) is 5.82 Å². The second-order valence-corrected chi connectivity index (χ2v) is 6.59. The molecule has 0 bridgehead atoms. The van der Waals surface area contributed by atoms with Gasteiger partial charge in [-0.05, 0) is 37.8 Å². The van der Waals surface area contributed by atoms with Crippen LogP contribution in [0.4, 0.5) is 4.39 Å². The minimum Gasteiger partial charge on any atom is -0.349 e. The average Bonchev–Trinajstić information content (AvgIpc) is 2.56. The fourth-order valence-corrected chi connectivity index (χ4v) is 3.36. The predicted octanol–water partition coefficient (Wildman–Crippen LogP) is 3.64. The summed E-state index contributed by atoms with van der Waals surface area (Å²) in [5.41, 5.74) is -0.116. The topological polar surface area (TPSA) is 49.4 Å². The molecule has 1 heterocycles. The molecule has 24 heavy (non-hydrogen) atoms. The Morgan fingerprint density at radius 2 is 1.92 bits per heavy atom. The summed E-state index contributed by atoms with van der Waals surface area (Å²) in [5.74, 6) is -0.848. The molecule has 1 aromatic carbocycles.